The molecule has 1 unspecified atom stereocenters. The molecule has 0 bridgehead atoms. The van der Waals surface area contributed by atoms with Gasteiger partial charge in [-0.05, 0) is 45.2 Å². The Morgan fingerprint density at radius 2 is 1.86 bits per heavy atom. The number of carbonyl (C=O) groups excluding carboxylic acids is 2. The van der Waals surface area contributed by atoms with E-state index in [0.717, 1.165) is 4.90 Å². The molecule has 1 aliphatic heterocycles. The second-order valence-electron chi connectivity index (χ2n) is 12.2. The molecule has 42 heavy (non-hydrogen) atoms. The quantitative estimate of drug-likeness (QED) is 0.298. The third-order valence-corrected chi connectivity index (χ3v) is 7.27. The van der Waals surface area contributed by atoms with Crippen molar-refractivity contribution in [2.24, 2.45) is 18.9 Å². The lowest BCUT2D eigenvalue weighted by Crippen LogP contribution is -2.48. The molecule has 2 aromatic heterocycles. The summed E-state index contributed by atoms with van der Waals surface area (Å²) in [5, 5.41) is 8.17. The minimum absolute atomic E-state index is 0.112. The number of carbonyl (C=O) groups is 2. The van der Waals surface area contributed by atoms with Crippen LogP contribution in [0.15, 0.2) is 12.1 Å². The summed E-state index contributed by atoms with van der Waals surface area (Å²) in [6.07, 6.45) is -1.09. The third-order valence-electron chi connectivity index (χ3n) is 7.27. The van der Waals surface area contributed by atoms with E-state index in [9.17, 15) is 27.2 Å². The van der Waals surface area contributed by atoms with Gasteiger partial charge in [0.05, 0.1) is 30.0 Å². The van der Waals surface area contributed by atoms with E-state index < -0.39 is 54.3 Å². The maximum absolute atomic E-state index is 14.8. The van der Waals surface area contributed by atoms with Crippen LogP contribution in [-0.2, 0) is 34.3 Å². The Balaban J connectivity index is 1.48. The maximum Gasteiger partial charge on any atom is 0.409 e. The largest absolute Gasteiger partial charge is 0.460 e. The van der Waals surface area contributed by atoms with E-state index in [0.29, 0.717) is 34.9 Å². The summed E-state index contributed by atoms with van der Waals surface area (Å²) in [4.78, 5) is 32.1. The smallest absolute Gasteiger partial charge is 0.409 e. The highest BCUT2D eigenvalue weighted by Crippen LogP contribution is 2.48. The van der Waals surface area contributed by atoms with Crippen LogP contribution in [0.2, 0.25) is 0 Å². The summed E-state index contributed by atoms with van der Waals surface area (Å²) in [5.41, 5.74) is 1.57. The number of alkyl halides is 4. The summed E-state index contributed by atoms with van der Waals surface area (Å²) >= 11 is 0. The molecule has 1 saturated heterocycles. The second-order valence-corrected chi connectivity index (χ2v) is 12.2. The highest BCUT2D eigenvalue weighted by atomic mass is 19.3. The molecule has 0 radical (unpaired) electrons. The number of anilines is 1. The van der Waals surface area contributed by atoms with E-state index >= 15 is 0 Å². The van der Waals surface area contributed by atoms with Gasteiger partial charge in [0.15, 0.2) is 0 Å². The average Bonchev–Trinajstić information content (AvgIpc) is 3.29. The molecule has 2 aliphatic rings. The van der Waals surface area contributed by atoms with Crippen molar-refractivity contribution in [3.63, 3.8) is 0 Å². The summed E-state index contributed by atoms with van der Waals surface area (Å²) < 4.78 is 68.2. The lowest BCUT2D eigenvalue weighted by Gasteiger charge is -2.39. The number of amides is 1. The van der Waals surface area contributed by atoms with E-state index in [2.05, 4.69) is 10.3 Å². The fourth-order valence-electron chi connectivity index (χ4n) is 5.17. The van der Waals surface area contributed by atoms with Crippen molar-refractivity contribution in [3.05, 3.63) is 23.5 Å². The summed E-state index contributed by atoms with van der Waals surface area (Å²) in [6, 6.07) is 3.34. The van der Waals surface area contributed by atoms with Crippen LogP contribution in [0.25, 0.3) is 11.4 Å². The first kappa shape index (κ1) is 31.5. The molecule has 2 fully saturated rings. The normalized spacial score (nSPS) is 21.1. The molecule has 2 aromatic rings. The molecule has 0 N–H and O–H groups in total. The molecular formula is C28H38F4N6O4. The molecule has 1 aliphatic carbocycles. The summed E-state index contributed by atoms with van der Waals surface area (Å²) in [5.74, 6) is -7.72. The van der Waals surface area contributed by atoms with Gasteiger partial charge in [0.2, 0.25) is 0 Å². The number of halogens is 4. The topological polar surface area (TPSA) is 103 Å². The number of nitrogens with zero attached hydrogens (tertiary/aromatic N) is 6. The van der Waals surface area contributed by atoms with Gasteiger partial charge in [-0.25, -0.2) is 32.0 Å². The van der Waals surface area contributed by atoms with E-state index in [-0.39, 0.29) is 32.5 Å². The monoisotopic (exact) mass is 598 g/mol. The molecule has 10 nitrogen and oxygen atoms in total. The van der Waals surface area contributed by atoms with Gasteiger partial charge in [0.25, 0.3) is 11.8 Å². The van der Waals surface area contributed by atoms with Gasteiger partial charge in [-0.2, -0.15) is 0 Å². The van der Waals surface area contributed by atoms with Crippen molar-refractivity contribution < 1.29 is 36.6 Å². The Morgan fingerprint density at radius 3 is 2.48 bits per heavy atom. The Kier molecular flexibility index (Phi) is 8.75. The first-order valence-corrected chi connectivity index (χ1v) is 14.0. The molecular weight excluding hydrogens is 560 g/mol. The van der Waals surface area contributed by atoms with Crippen molar-refractivity contribution in [3.8, 4) is 11.4 Å². The number of pyridine rings is 1. The van der Waals surface area contributed by atoms with Crippen LogP contribution in [0.1, 0.15) is 58.3 Å². The fraction of sp³-hybridized carbons (Fsp3) is 0.679. The van der Waals surface area contributed by atoms with Crippen LogP contribution in [0.3, 0.4) is 0 Å². The highest BCUT2D eigenvalue weighted by Gasteiger charge is 2.57. The van der Waals surface area contributed by atoms with Gasteiger partial charge >= 0.3 is 12.1 Å². The molecule has 1 amide bonds. The van der Waals surface area contributed by atoms with Crippen LogP contribution < -0.4 is 4.90 Å². The van der Waals surface area contributed by atoms with Crippen molar-refractivity contribution in [2.75, 3.05) is 31.6 Å². The molecule has 1 saturated carbocycles. The zero-order valence-electron chi connectivity index (χ0n) is 24.8. The number of esters is 1. The summed E-state index contributed by atoms with van der Waals surface area (Å²) in [6.45, 7) is 6.46. The average molecular weight is 599 g/mol. The molecule has 2 atom stereocenters. The van der Waals surface area contributed by atoms with Crippen LogP contribution in [-0.4, -0.2) is 81.1 Å². The van der Waals surface area contributed by atoms with Gasteiger partial charge in [-0.1, -0.05) is 12.1 Å². The molecule has 232 valence electrons. The van der Waals surface area contributed by atoms with Crippen LogP contribution in [0.5, 0.6) is 0 Å². The van der Waals surface area contributed by atoms with Gasteiger partial charge in [0, 0.05) is 45.9 Å². The minimum Gasteiger partial charge on any atom is -0.460 e. The maximum atomic E-state index is 14.8. The Bertz CT molecular complexity index is 1310. The number of aromatic nitrogens is 4. The molecule has 0 aromatic carbocycles. The van der Waals surface area contributed by atoms with Gasteiger partial charge in [0.1, 0.15) is 23.6 Å². The van der Waals surface area contributed by atoms with E-state index in [1.807, 2.05) is 6.92 Å². The van der Waals surface area contributed by atoms with E-state index in [1.165, 1.54) is 11.7 Å². The van der Waals surface area contributed by atoms with E-state index in [1.54, 1.807) is 44.9 Å². The van der Waals surface area contributed by atoms with Crippen molar-refractivity contribution >= 4 is 17.7 Å². The van der Waals surface area contributed by atoms with Gasteiger partial charge < -0.3 is 19.3 Å². The Labute approximate surface area is 242 Å². The predicted octanol–water partition coefficient (Wildman–Crippen LogP) is 4.86. The fourth-order valence-corrected chi connectivity index (χ4v) is 5.17. The van der Waals surface area contributed by atoms with Crippen molar-refractivity contribution in [1.29, 1.82) is 0 Å². The van der Waals surface area contributed by atoms with Crippen LogP contribution >= 0.6 is 0 Å². The lowest BCUT2D eigenvalue weighted by molar-refractivity contribution is -0.156. The van der Waals surface area contributed by atoms with E-state index in [4.69, 9.17) is 14.5 Å². The highest BCUT2D eigenvalue weighted by molar-refractivity contribution is 5.70. The number of ether oxygens (including phenoxy) is 2. The summed E-state index contributed by atoms with van der Waals surface area (Å²) in [7, 11) is 3.01. The molecule has 14 heteroatoms. The molecule has 4 rings (SSSR count). The Hall–Kier alpha value is -3.45. The first-order chi connectivity index (χ1) is 19.5. The standard InChI is InChI=1S/C28H38F4N6O4/c1-7-19-21(38-13-17(11-27(29,30)16-38)10-23(39)42-26(2,3)4)9-8-20(33-19)24-22(37(6)35-34-24)15-41-25(40)36(5)14-18-12-28(18,31)32/h8-9,17-18H,7,10-16H2,1-6H3/t17-,18?/m0/s1. The Morgan fingerprint density at radius 1 is 1.17 bits per heavy atom. The SMILES string of the molecule is CCc1nc(-c2nnn(C)c2COC(=O)N(C)CC2CC2(F)F)ccc1N1C[C@@H](CC(=O)OC(C)(C)C)CC(F)(F)C1. The molecule has 0 spiro atoms. The third kappa shape index (κ3) is 7.68. The number of hydrogen-bond donors (Lipinski definition) is 0. The number of piperidine rings is 1. The van der Waals surface area contributed by atoms with Crippen molar-refractivity contribution in [2.45, 2.75) is 77.4 Å². The number of rotatable bonds is 9. The zero-order chi connectivity index (χ0) is 31.0. The second kappa shape index (κ2) is 11.7. The van der Waals surface area contributed by atoms with Crippen LogP contribution in [0.4, 0.5) is 28.0 Å². The molecule has 3 heterocycles. The lowest BCUT2D eigenvalue weighted by atomic mass is 9.91. The number of hydrogen-bond acceptors (Lipinski definition) is 8. The minimum atomic E-state index is -3.00. The van der Waals surface area contributed by atoms with Crippen molar-refractivity contribution in [1.82, 2.24) is 24.9 Å². The number of aryl methyl sites for hydroxylation is 2. The predicted molar refractivity (Wildman–Crippen MR) is 145 cm³/mol. The first-order valence-electron chi connectivity index (χ1n) is 14.0. The van der Waals surface area contributed by atoms with Gasteiger partial charge in [-0.3, -0.25) is 4.79 Å². The van der Waals surface area contributed by atoms with Crippen LogP contribution in [0, 0.1) is 11.8 Å². The van der Waals surface area contributed by atoms with Gasteiger partial charge in [-0.15, -0.1) is 5.10 Å². The zero-order valence-corrected chi connectivity index (χ0v) is 24.8.